The van der Waals surface area contributed by atoms with Crippen LogP contribution in [0.5, 0.6) is 5.75 Å². The van der Waals surface area contributed by atoms with E-state index >= 15 is 0 Å². The molecule has 1 atom stereocenters. The maximum atomic E-state index is 9.71. The predicted molar refractivity (Wildman–Crippen MR) is 70.3 cm³/mol. The molecule has 1 aliphatic rings. The summed E-state index contributed by atoms with van der Waals surface area (Å²) in [6.07, 6.45) is 2.55. The van der Waals surface area contributed by atoms with Gasteiger partial charge in [-0.25, -0.2) is 4.98 Å². The number of hydrogen-bond donors (Lipinski definition) is 3. The Morgan fingerprint density at radius 2 is 2.17 bits per heavy atom. The molecule has 0 aliphatic carbocycles. The van der Waals surface area contributed by atoms with E-state index in [0.717, 1.165) is 24.4 Å². The van der Waals surface area contributed by atoms with Gasteiger partial charge in [-0.3, -0.25) is 0 Å². The van der Waals surface area contributed by atoms with Crippen LogP contribution in [-0.2, 0) is 6.42 Å². The number of halogens is 2. The molecule has 0 radical (unpaired) electrons. The summed E-state index contributed by atoms with van der Waals surface area (Å²) in [5, 5.41) is 13.8. The van der Waals surface area contributed by atoms with Crippen molar-refractivity contribution in [3.05, 3.63) is 45.5 Å². The molecule has 0 saturated carbocycles. The Bertz CT molecular complexity index is 597. The van der Waals surface area contributed by atoms with Gasteiger partial charge in [0.1, 0.15) is 5.75 Å². The first-order valence-corrected chi connectivity index (χ1v) is 6.36. The van der Waals surface area contributed by atoms with Crippen LogP contribution in [0, 0.1) is 0 Å². The normalized spacial score (nSPS) is 18.7. The minimum atomic E-state index is -0.188. The van der Waals surface area contributed by atoms with Gasteiger partial charge >= 0.3 is 0 Å². The summed E-state index contributed by atoms with van der Waals surface area (Å²) >= 11 is 12.3. The van der Waals surface area contributed by atoms with E-state index in [-0.39, 0.29) is 16.8 Å². The molecule has 94 valence electrons. The van der Waals surface area contributed by atoms with Crippen LogP contribution in [0.2, 0.25) is 10.0 Å². The van der Waals surface area contributed by atoms with Crippen molar-refractivity contribution in [2.24, 2.45) is 0 Å². The minimum Gasteiger partial charge on any atom is -0.506 e. The highest BCUT2D eigenvalue weighted by atomic mass is 35.5. The van der Waals surface area contributed by atoms with Gasteiger partial charge < -0.3 is 15.4 Å². The Kier molecular flexibility index (Phi) is 2.93. The van der Waals surface area contributed by atoms with E-state index in [9.17, 15) is 5.11 Å². The minimum absolute atomic E-state index is 0.0283. The lowest BCUT2D eigenvalue weighted by Gasteiger charge is -2.25. The summed E-state index contributed by atoms with van der Waals surface area (Å²) in [7, 11) is 0. The molecular weight excluding hydrogens is 273 g/mol. The third-order valence-corrected chi connectivity index (χ3v) is 3.87. The highest BCUT2D eigenvalue weighted by Gasteiger charge is 2.28. The second kappa shape index (κ2) is 4.46. The Morgan fingerprint density at radius 1 is 1.33 bits per heavy atom. The van der Waals surface area contributed by atoms with Crippen LogP contribution in [0.25, 0.3) is 0 Å². The number of benzene rings is 1. The van der Waals surface area contributed by atoms with E-state index < -0.39 is 0 Å². The fourth-order valence-corrected chi connectivity index (χ4v) is 2.87. The maximum absolute atomic E-state index is 9.71. The smallest absolute Gasteiger partial charge is 0.134 e. The van der Waals surface area contributed by atoms with Crippen LogP contribution in [0.1, 0.15) is 23.0 Å². The van der Waals surface area contributed by atoms with Crippen LogP contribution in [0.3, 0.4) is 0 Å². The molecular formula is C12H11Cl2N3O. The third-order valence-electron chi connectivity index (χ3n) is 3.14. The van der Waals surface area contributed by atoms with Crippen molar-refractivity contribution in [1.29, 1.82) is 0 Å². The Hall–Kier alpha value is -1.23. The number of hydrogen-bond acceptors (Lipinski definition) is 3. The number of H-pyrrole nitrogens is 1. The highest BCUT2D eigenvalue weighted by Crippen LogP contribution is 2.40. The first-order valence-electron chi connectivity index (χ1n) is 5.61. The van der Waals surface area contributed by atoms with Crippen molar-refractivity contribution in [1.82, 2.24) is 15.3 Å². The quantitative estimate of drug-likeness (QED) is 0.754. The van der Waals surface area contributed by atoms with Gasteiger partial charge in [0.25, 0.3) is 0 Å². The first kappa shape index (κ1) is 11.8. The first-order chi connectivity index (χ1) is 8.68. The van der Waals surface area contributed by atoms with Crippen LogP contribution in [0.4, 0.5) is 0 Å². The van der Waals surface area contributed by atoms with Crippen LogP contribution >= 0.6 is 23.2 Å². The standard InChI is InChI=1S/C12H11Cl2N3O/c13-6-1-2-8(18)10(14)9(6)12-11-7(3-4-15-12)16-5-17-11/h1-2,5,12,15,18H,3-4H2,(H,16,17)/t12-/m1/s1. The maximum Gasteiger partial charge on any atom is 0.134 e. The number of nitrogens with one attached hydrogen (secondary N) is 2. The average molecular weight is 284 g/mol. The number of aromatic amines is 1. The number of nitrogens with zero attached hydrogens (tertiary/aromatic N) is 1. The second-order valence-electron chi connectivity index (χ2n) is 4.20. The molecule has 3 rings (SSSR count). The van der Waals surface area contributed by atoms with Gasteiger partial charge in [-0.1, -0.05) is 23.2 Å². The number of aromatic nitrogens is 2. The fraction of sp³-hybridized carbons (Fsp3) is 0.250. The van der Waals surface area contributed by atoms with Crippen molar-refractivity contribution < 1.29 is 5.11 Å². The molecule has 4 nitrogen and oxygen atoms in total. The molecule has 0 amide bonds. The number of phenolic OH excluding ortho intramolecular Hbond substituents is 1. The molecule has 1 aromatic heterocycles. The number of aromatic hydroxyl groups is 1. The average Bonchev–Trinajstić information content (AvgIpc) is 2.83. The van der Waals surface area contributed by atoms with Gasteiger partial charge in [0.15, 0.2) is 0 Å². The topological polar surface area (TPSA) is 60.9 Å². The Labute approximate surface area is 114 Å². The molecule has 1 aliphatic heterocycles. The molecule has 0 spiro atoms. The van der Waals surface area contributed by atoms with Crippen molar-refractivity contribution in [3.63, 3.8) is 0 Å². The molecule has 0 unspecified atom stereocenters. The summed E-state index contributed by atoms with van der Waals surface area (Å²) in [4.78, 5) is 7.42. The largest absolute Gasteiger partial charge is 0.506 e. The Morgan fingerprint density at radius 3 is 3.00 bits per heavy atom. The zero-order valence-corrected chi connectivity index (χ0v) is 10.9. The van der Waals surface area contributed by atoms with Crippen molar-refractivity contribution in [2.45, 2.75) is 12.5 Å². The van der Waals surface area contributed by atoms with Gasteiger partial charge in [-0.15, -0.1) is 0 Å². The van der Waals surface area contributed by atoms with E-state index in [1.807, 2.05) is 0 Å². The molecule has 2 aromatic rings. The lowest BCUT2D eigenvalue weighted by atomic mass is 9.97. The molecule has 3 N–H and O–H groups in total. The summed E-state index contributed by atoms with van der Waals surface area (Å²) in [6.45, 7) is 0.808. The number of rotatable bonds is 1. The summed E-state index contributed by atoms with van der Waals surface area (Å²) < 4.78 is 0. The second-order valence-corrected chi connectivity index (χ2v) is 4.98. The predicted octanol–water partition coefficient (Wildman–Crippen LogP) is 2.66. The van der Waals surface area contributed by atoms with E-state index in [1.54, 1.807) is 12.4 Å². The van der Waals surface area contributed by atoms with Gasteiger partial charge in [0, 0.05) is 29.2 Å². The number of fused-ring (bicyclic) bond motifs is 1. The molecule has 2 heterocycles. The highest BCUT2D eigenvalue weighted by molar-refractivity contribution is 6.37. The van der Waals surface area contributed by atoms with Gasteiger partial charge in [-0.05, 0) is 12.1 Å². The molecule has 0 fully saturated rings. The van der Waals surface area contributed by atoms with E-state index in [0.29, 0.717) is 10.6 Å². The van der Waals surface area contributed by atoms with Crippen LogP contribution < -0.4 is 5.32 Å². The van der Waals surface area contributed by atoms with Crippen LogP contribution in [0.15, 0.2) is 18.5 Å². The zero-order chi connectivity index (χ0) is 12.7. The monoisotopic (exact) mass is 283 g/mol. The summed E-state index contributed by atoms with van der Waals surface area (Å²) in [6, 6.07) is 2.94. The zero-order valence-electron chi connectivity index (χ0n) is 9.37. The summed E-state index contributed by atoms with van der Waals surface area (Å²) in [5.74, 6) is 0.0283. The number of imidazole rings is 1. The van der Waals surface area contributed by atoms with E-state index in [1.165, 1.54) is 6.07 Å². The van der Waals surface area contributed by atoms with Gasteiger partial charge in [0.2, 0.25) is 0 Å². The van der Waals surface area contributed by atoms with Crippen molar-refractivity contribution in [2.75, 3.05) is 6.54 Å². The van der Waals surface area contributed by atoms with Crippen LogP contribution in [-0.4, -0.2) is 21.6 Å². The van der Waals surface area contributed by atoms with Crippen molar-refractivity contribution in [3.8, 4) is 5.75 Å². The number of phenols is 1. The Balaban J connectivity index is 2.16. The van der Waals surface area contributed by atoms with E-state index in [2.05, 4.69) is 15.3 Å². The van der Waals surface area contributed by atoms with E-state index in [4.69, 9.17) is 23.2 Å². The lowest BCUT2D eigenvalue weighted by molar-refractivity contribution is 0.472. The molecule has 6 heteroatoms. The van der Waals surface area contributed by atoms with Crippen molar-refractivity contribution >= 4 is 23.2 Å². The molecule has 18 heavy (non-hydrogen) atoms. The molecule has 0 saturated heterocycles. The summed E-state index contributed by atoms with van der Waals surface area (Å²) in [5.41, 5.74) is 2.64. The van der Waals surface area contributed by atoms with Gasteiger partial charge in [-0.2, -0.15) is 0 Å². The third kappa shape index (κ3) is 1.77. The molecule has 0 bridgehead atoms. The SMILES string of the molecule is Oc1ccc(Cl)c([C@H]2NCCc3[nH]cnc32)c1Cl. The fourth-order valence-electron chi connectivity index (χ4n) is 2.28. The molecule has 1 aromatic carbocycles. The lowest BCUT2D eigenvalue weighted by Crippen LogP contribution is -2.31. The van der Waals surface area contributed by atoms with Gasteiger partial charge in [0.05, 0.1) is 23.1 Å².